The summed E-state index contributed by atoms with van der Waals surface area (Å²) in [5, 5.41) is 12.4. The van der Waals surface area contributed by atoms with Gasteiger partial charge in [0.1, 0.15) is 17.1 Å². The Labute approximate surface area is 178 Å². The van der Waals surface area contributed by atoms with Crippen LogP contribution < -0.4 is 15.8 Å². The number of nitrogens with two attached hydrogens (primary N) is 1. The first kappa shape index (κ1) is 20.0. The van der Waals surface area contributed by atoms with Crippen molar-refractivity contribution in [2.45, 2.75) is 0 Å². The monoisotopic (exact) mass is 416 g/mol. The third-order valence-corrected chi connectivity index (χ3v) is 4.79. The van der Waals surface area contributed by atoms with E-state index in [9.17, 15) is 9.59 Å². The van der Waals surface area contributed by atoms with Crippen molar-refractivity contribution in [3.05, 3.63) is 84.2 Å². The fourth-order valence-electron chi connectivity index (χ4n) is 3.19. The van der Waals surface area contributed by atoms with E-state index in [4.69, 9.17) is 15.6 Å². The molecule has 0 saturated carbocycles. The van der Waals surface area contributed by atoms with Crippen molar-refractivity contribution >= 4 is 28.9 Å². The van der Waals surface area contributed by atoms with E-state index in [-0.39, 0.29) is 24.4 Å². The molecule has 0 fully saturated rings. The standard InChI is InChI=1S/C23H20N4O4/c24-22(28)19-13-25-20(15-10-11-27(14-15)23(29)30)12-21(19)31-18-8-6-17(7-9-18)26-16-4-2-1-3-5-16/h1-10,12-13,26H,11,14H2,(H2,24,28)(H,29,30). The zero-order valence-corrected chi connectivity index (χ0v) is 16.5. The molecule has 0 radical (unpaired) electrons. The summed E-state index contributed by atoms with van der Waals surface area (Å²) in [6, 6.07) is 18.6. The van der Waals surface area contributed by atoms with Crippen LogP contribution in [0.15, 0.2) is 72.9 Å². The van der Waals surface area contributed by atoms with Crippen LogP contribution >= 0.6 is 0 Å². The number of ether oxygens (including phenoxy) is 1. The summed E-state index contributed by atoms with van der Waals surface area (Å²) in [6.45, 7) is 0.507. The van der Waals surface area contributed by atoms with Crippen LogP contribution in [-0.4, -0.2) is 40.1 Å². The fraction of sp³-hybridized carbons (Fsp3) is 0.0870. The number of amides is 2. The Kier molecular flexibility index (Phi) is 5.53. The molecule has 2 aromatic carbocycles. The number of carbonyl (C=O) groups is 2. The highest BCUT2D eigenvalue weighted by Gasteiger charge is 2.22. The van der Waals surface area contributed by atoms with E-state index in [1.54, 1.807) is 24.3 Å². The second kappa shape index (κ2) is 8.58. The normalized spacial score (nSPS) is 12.9. The van der Waals surface area contributed by atoms with Gasteiger partial charge in [-0.3, -0.25) is 9.78 Å². The number of aromatic nitrogens is 1. The minimum atomic E-state index is -0.999. The van der Waals surface area contributed by atoms with Crippen LogP contribution in [0.2, 0.25) is 0 Å². The lowest BCUT2D eigenvalue weighted by atomic mass is 10.1. The van der Waals surface area contributed by atoms with Crippen molar-refractivity contribution in [1.29, 1.82) is 0 Å². The highest BCUT2D eigenvalue weighted by Crippen LogP contribution is 2.30. The van der Waals surface area contributed by atoms with Crippen molar-refractivity contribution in [3.8, 4) is 11.5 Å². The molecule has 4 rings (SSSR count). The smallest absolute Gasteiger partial charge is 0.407 e. The molecule has 0 spiro atoms. The fourth-order valence-corrected chi connectivity index (χ4v) is 3.19. The molecule has 3 aromatic rings. The van der Waals surface area contributed by atoms with E-state index in [1.807, 2.05) is 42.5 Å². The van der Waals surface area contributed by atoms with Gasteiger partial charge in [0.15, 0.2) is 0 Å². The first-order valence-electron chi connectivity index (χ1n) is 9.57. The summed E-state index contributed by atoms with van der Waals surface area (Å²) < 4.78 is 5.92. The van der Waals surface area contributed by atoms with Crippen LogP contribution in [-0.2, 0) is 0 Å². The number of primary amides is 1. The average molecular weight is 416 g/mol. The Morgan fingerprint density at radius 2 is 1.77 bits per heavy atom. The van der Waals surface area contributed by atoms with Gasteiger partial charge in [0.25, 0.3) is 5.91 Å². The molecule has 8 nitrogen and oxygen atoms in total. The molecule has 0 unspecified atom stereocenters. The van der Waals surface area contributed by atoms with Crippen LogP contribution in [0.1, 0.15) is 16.1 Å². The van der Waals surface area contributed by atoms with Crippen LogP contribution in [0.4, 0.5) is 16.2 Å². The van der Waals surface area contributed by atoms with Gasteiger partial charge in [-0.2, -0.15) is 0 Å². The minimum Gasteiger partial charge on any atom is -0.465 e. The summed E-state index contributed by atoms with van der Waals surface area (Å²) >= 11 is 0. The van der Waals surface area contributed by atoms with Gasteiger partial charge in [-0.15, -0.1) is 0 Å². The molecule has 4 N–H and O–H groups in total. The number of nitrogens with zero attached hydrogens (tertiary/aromatic N) is 2. The van der Waals surface area contributed by atoms with E-state index < -0.39 is 12.0 Å². The second-order valence-corrected chi connectivity index (χ2v) is 6.94. The predicted molar refractivity (Wildman–Crippen MR) is 117 cm³/mol. The highest BCUT2D eigenvalue weighted by atomic mass is 16.5. The number of pyridine rings is 1. The molecule has 0 bridgehead atoms. The Hall–Kier alpha value is -4.33. The third-order valence-electron chi connectivity index (χ3n) is 4.79. The molecule has 8 heteroatoms. The molecule has 1 aliphatic rings. The molecule has 1 aromatic heterocycles. The summed E-state index contributed by atoms with van der Waals surface area (Å²) in [7, 11) is 0. The zero-order valence-electron chi connectivity index (χ0n) is 16.5. The number of anilines is 2. The molecule has 0 saturated heterocycles. The highest BCUT2D eigenvalue weighted by molar-refractivity contribution is 5.95. The molecular weight excluding hydrogens is 396 g/mol. The van der Waals surface area contributed by atoms with E-state index in [0.29, 0.717) is 11.4 Å². The Morgan fingerprint density at radius 1 is 1.06 bits per heavy atom. The number of hydrogen-bond acceptors (Lipinski definition) is 5. The summed E-state index contributed by atoms with van der Waals surface area (Å²) in [4.78, 5) is 28.5. The maximum atomic E-state index is 11.8. The van der Waals surface area contributed by atoms with E-state index in [0.717, 1.165) is 16.9 Å². The summed E-state index contributed by atoms with van der Waals surface area (Å²) in [5.41, 5.74) is 8.74. The quantitative estimate of drug-likeness (QED) is 0.557. The van der Waals surface area contributed by atoms with E-state index >= 15 is 0 Å². The number of carboxylic acid groups (broad SMARTS) is 1. The third kappa shape index (κ3) is 4.64. The van der Waals surface area contributed by atoms with Gasteiger partial charge < -0.3 is 25.8 Å². The lowest BCUT2D eigenvalue weighted by Crippen LogP contribution is -2.26. The summed E-state index contributed by atoms with van der Waals surface area (Å²) in [6.07, 6.45) is 2.14. The first-order chi connectivity index (χ1) is 15.0. The first-order valence-corrected chi connectivity index (χ1v) is 9.57. The van der Waals surface area contributed by atoms with Gasteiger partial charge in [-0.05, 0) is 42.0 Å². The molecule has 2 amide bonds. The molecule has 31 heavy (non-hydrogen) atoms. The summed E-state index contributed by atoms with van der Waals surface area (Å²) in [5.74, 6) is 0.116. The van der Waals surface area contributed by atoms with Crippen molar-refractivity contribution in [1.82, 2.24) is 9.88 Å². The maximum absolute atomic E-state index is 11.8. The Balaban J connectivity index is 1.54. The van der Waals surface area contributed by atoms with Gasteiger partial charge in [0.2, 0.25) is 0 Å². The van der Waals surface area contributed by atoms with Gasteiger partial charge in [0.05, 0.1) is 12.2 Å². The van der Waals surface area contributed by atoms with Crippen LogP contribution in [0, 0.1) is 0 Å². The second-order valence-electron chi connectivity index (χ2n) is 6.94. The Bertz CT molecular complexity index is 1140. The largest absolute Gasteiger partial charge is 0.465 e. The van der Waals surface area contributed by atoms with Crippen molar-refractivity contribution in [2.24, 2.45) is 5.73 Å². The van der Waals surface area contributed by atoms with Gasteiger partial charge in [0, 0.05) is 30.2 Å². The number of carbonyl (C=O) groups excluding carboxylic acids is 1. The number of benzene rings is 2. The van der Waals surface area contributed by atoms with E-state index in [1.165, 1.54) is 11.1 Å². The minimum absolute atomic E-state index is 0.143. The number of para-hydroxylation sites is 1. The predicted octanol–water partition coefficient (Wildman–Crippen LogP) is 4.09. The average Bonchev–Trinajstić information content (AvgIpc) is 3.26. The lowest BCUT2D eigenvalue weighted by molar-refractivity contribution is 0.0997. The van der Waals surface area contributed by atoms with Crippen molar-refractivity contribution < 1.29 is 19.4 Å². The molecule has 156 valence electrons. The maximum Gasteiger partial charge on any atom is 0.407 e. The number of nitrogens with one attached hydrogen (secondary N) is 1. The van der Waals surface area contributed by atoms with Crippen molar-refractivity contribution in [3.63, 3.8) is 0 Å². The molecule has 0 atom stereocenters. The molecule has 1 aliphatic heterocycles. The number of rotatable bonds is 6. The van der Waals surface area contributed by atoms with Gasteiger partial charge in [-0.1, -0.05) is 24.3 Å². The van der Waals surface area contributed by atoms with Crippen LogP contribution in [0.5, 0.6) is 11.5 Å². The van der Waals surface area contributed by atoms with E-state index in [2.05, 4.69) is 10.3 Å². The molecular formula is C23H20N4O4. The zero-order chi connectivity index (χ0) is 21.8. The van der Waals surface area contributed by atoms with Crippen LogP contribution in [0.25, 0.3) is 5.57 Å². The van der Waals surface area contributed by atoms with Gasteiger partial charge in [-0.25, -0.2) is 4.79 Å². The lowest BCUT2D eigenvalue weighted by Gasteiger charge is -2.13. The van der Waals surface area contributed by atoms with Crippen LogP contribution in [0.3, 0.4) is 0 Å². The SMILES string of the molecule is NC(=O)c1cnc(C2=CCN(C(=O)O)C2)cc1Oc1ccc(Nc2ccccc2)cc1. The topological polar surface area (TPSA) is 118 Å². The number of hydrogen-bond donors (Lipinski definition) is 3. The van der Waals surface area contributed by atoms with Crippen molar-refractivity contribution in [2.75, 3.05) is 18.4 Å². The Morgan fingerprint density at radius 3 is 2.42 bits per heavy atom. The molecule has 2 heterocycles. The van der Waals surface area contributed by atoms with Gasteiger partial charge >= 0.3 is 6.09 Å². The molecule has 0 aliphatic carbocycles.